The lowest BCUT2D eigenvalue weighted by molar-refractivity contribution is -0.113. The van der Waals surface area contributed by atoms with Crippen LogP contribution in [0.4, 0.5) is 26.1 Å². The van der Waals surface area contributed by atoms with Gasteiger partial charge in [-0.3, -0.25) is 4.79 Å². The number of benzene rings is 1. The van der Waals surface area contributed by atoms with Crippen molar-refractivity contribution in [1.29, 1.82) is 0 Å². The highest BCUT2D eigenvalue weighted by molar-refractivity contribution is 7.99. The van der Waals surface area contributed by atoms with Crippen LogP contribution in [-0.2, 0) is 4.79 Å². The number of amides is 1. The van der Waals surface area contributed by atoms with Crippen molar-refractivity contribution in [2.75, 3.05) is 22.5 Å². The first-order chi connectivity index (χ1) is 9.92. The van der Waals surface area contributed by atoms with Crippen molar-refractivity contribution < 1.29 is 13.6 Å². The van der Waals surface area contributed by atoms with Gasteiger partial charge in [0.25, 0.3) is 0 Å². The first-order valence-electron chi connectivity index (χ1n) is 5.71. The second kappa shape index (κ2) is 6.35. The number of carbonyl (C=O) groups excluding carboxylic acids is 1. The van der Waals surface area contributed by atoms with Gasteiger partial charge in [-0.15, -0.1) is 0 Å². The third kappa shape index (κ3) is 4.56. The Kier molecular flexibility index (Phi) is 4.53. The SMILES string of the molecule is Nc1cc(N)nc(SCC(=O)Nc2cc(F)cc(F)c2)n1. The maximum atomic E-state index is 13.0. The van der Waals surface area contributed by atoms with Crippen LogP contribution in [0.15, 0.2) is 29.4 Å². The number of nitrogen functional groups attached to an aromatic ring is 2. The summed E-state index contributed by atoms with van der Waals surface area (Å²) in [5.41, 5.74) is 11.0. The van der Waals surface area contributed by atoms with E-state index in [0.29, 0.717) is 6.07 Å². The van der Waals surface area contributed by atoms with Crippen LogP contribution in [0.2, 0.25) is 0 Å². The Hall–Kier alpha value is -2.42. The summed E-state index contributed by atoms with van der Waals surface area (Å²) in [6.45, 7) is 0. The number of hydrogen-bond donors (Lipinski definition) is 3. The standard InChI is InChI=1S/C12H11F2N5OS/c13-6-1-7(14)3-8(2-6)17-11(20)5-21-12-18-9(15)4-10(16)19-12/h1-4H,5H2,(H,17,20)(H4,15,16,18,19). The summed E-state index contributed by atoms with van der Waals surface area (Å²) >= 11 is 1.00. The van der Waals surface area contributed by atoms with Gasteiger partial charge in [0.05, 0.1) is 5.75 Å². The van der Waals surface area contributed by atoms with E-state index >= 15 is 0 Å². The average Bonchev–Trinajstić information content (AvgIpc) is 2.34. The van der Waals surface area contributed by atoms with Crippen molar-refractivity contribution in [3.8, 4) is 0 Å². The zero-order chi connectivity index (χ0) is 15.4. The van der Waals surface area contributed by atoms with E-state index in [4.69, 9.17) is 11.5 Å². The van der Waals surface area contributed by atoms with Gasteiger partial charge in [-0.1, -0.05) is 11.8 Å². The molecule has 0 atom stereocenters. The molecule has 1 amide bonds. The molecule has 5 N–H and O–H groups in total. The molecule has 6 nitrogen and oxygen atoms in total. The molecule has 0 aliphatic carbocycles. The van der Waals surface area contributed by atoms with Crippen LogP contribution in [0, 0.1) is 11.6 Å². The molecule has 0 spiro atoms. The monoisotopic (exact) mass is 311 g/mol. The van der Waals surface area contributed by atoms with Crippen molar-refractivity contribution in [2.24, 2.45) is 0 Å². The van der Waals surface area contributed by atoms with E-state index in [1.165, 1.54) is 6.07 Å². The normalized spacial score (nSPS) is 10.4. The fraction of sp³-hybridized carbons (Fsp3) is 0.0833. The summed E-state index contributed by atoms with van der Waals surface area (Å²) < 4.78 is 25.9. The number of anilines is 3. The molecular weight excluding hydrogens is 300 g/mol. The van der Waals surface area contributed by atoms with Crippen molar-refractivity contribution in [1.82, 2.24) is 9.97 Å². The zero-order valence-electron chi connectivity index (χ0n) is 10.6. The minimum absolute atomic E-state index is 0.0334. The summed E-state index contributed by atoms with van der Waals surface area (Å²) in [7, 11) is 0. The highest BCUT2D eigenvalue weighted by Gasteiger charge is 2.08. The van der Waals surface area contributed by atoms with Gasteiger partial charge in [0.1, 0.15) is 23.3 Å². The molecule has 0 bridgehead atoms. The van der Waals surface area contributed by atoms with E-state index in [2.05, 4.69) is 15.3 Å². The molecular formula is C12H11F2N5OS. The van der Waals surface area contributed by atoms with Gasteiger partial charge in [-0.2, -0.15) is 0 Å². The lowest BCUT2D eigenvalue weighted by Crippen LogP contribution is -2.14. The molecule has 0 radical (unpaired) electrons. The molecule has 1 heterocycles. The van der Waals surface area contributed by atoms with Gasteiger partial charge in [0.15, 0.2) is 5.16 Å². The molecule has 1 aromatic carbocycles. The molecule has 0 saturated heterocycles. The second-order valence-corrected chi connectivity index (χ2v) is 4.94. The molecule has 1 aromatic heterocycles. The van der Waals surface area contributed by atoms with Gasteiger partial charge >= 0.3 is 0 Å². The summed E-state index contributed by atoms with van der Waals surface area (Å²) in [5.74, 6) is -1.68. The van der Waals surface area contributed by atoms with Crippen molar-refractivity contribution in [2.45, 2.75) is 5.16 Å². The first kappa shape index (κ1) is 15.0. The number of nitrogens with one attached hydrogen (secondary N) is 1. The third-order valence-corrected chi connectivity index (χ3v) is 3.07. The molecule has 0 aliphatic heterocycles. The fourth-order valence-electron chi connectivity index (χ4n) is 1.48. The van der Waals surface area contributed by atoms with Gasteiger partial charge in [-0.05, 0) is 12.1 Å². The lowest BCUT2D eigenvalue weighted by Gasteiger charge is -2.05. The summed E-state index contributed by atoms with van der Waals surface area (Å²) in [6.07, 6.45) is 0. The van der Waals surface area contributed by atoms with Crippen LogP contribution in [0.1, 0.15) is 0 Å². The average molecular weight is 311 g/mol. The van der Waals surface area contributed by atoms with Crippen LogP contribution >= 0.6 is 11.8 Å². The van der Waals surface area contributed by atoms with E-state index in [-0.39, 0.29) is 28.2 Å². The largest absolute Gasteiger partial charge is 0.383 e. The lowest BCUT2D eigenvalue weighted by atomic mass is 10.3. The Bertz CT molecular complexity index is 642. The minimum atomic E-state index is -0.773. The van der Waals surface area contributed by atoms with Gasteiger partial charge < -0.3 is 16.8 Å². The van der Waals surface area contributed by atoms with E-state index in [1.807, 2.05) is 0 Å². The van der Waals surface area contributed by atoms with Crippen LogP contribution in [-0.4, -0.2) is 21.6 Å². The number of rotatable bonds is 4. The molecule has 2 rings (SSSR count). The molecule has 21 heavy (non-hydrogen) atoms. The number of hydrogen-bond acceptors (Lipinski definition) is 6. The fourth-order valence-corrected chi connectivity index (χ4v) is 2.15. The maximum Gasteiger partial charge on any atom is 0.234 e. The molecule has 110 valence electrons. The minimum Gasteiger partial charge on any atom is -0.383 e. The Labute approximate surface area is 123 Å². The molecule has 0 saturated carbocycles. The Morgan fingerprint density at radius 2 is 1.67 bits per heavy atom. The molecule has 0 fully saturated rings. The predicted molar refractivity (Wildman–Crippen MR) is 76.6 cm³/mol. The Morgan fingerprint density at radius 1 is 1.10 bits per heavy atom. The van der Waals surface area contributed by atoms with Crippen molar-refractivity contribution in [3.05, 3.63) is 35.9 Å². The third-order valence-electron chi connectivity index (χ3n) is 2.22. The number of thioether (sulfide) groups is 1. The Balaban J connectivity index is 1.95. The van der Waals surface area contributed by atoms with Gasteiger partial charge in [-0.25, -0.2) is 18.7 Å². The number of carbonyl (C=O) groups is 1. The molecule has 9 heteroatoms. The quantitative estimate of drug-likeness (QED) is 0.585. The predicted octanol–water partition coefficient (Wildman–Crippen LogP) is 1.65. The van der Waals surface area contributed by atoms with Crippen LogP contribution < -0.4 is 16.8 Å². The molecule has 0 unspecified atom stereocenters. The van der Waals surface area contributed by atoms with Crippen molar-refractivity contribution in [3.63, 3.8) is 0 Å². The summed E-state index contributed by atoms with van der Waals surface area (Å²) in [4.78, 5) is 19.5. The topological polar surface area (TPSA) is 107 Å². The highest BCUT2D eigenvalue weighted by atomic mass is 32.2. The van der Waals surface area contributed by atoms with E-state index in [9.17, 15) is 13.6 Å². The number of nitrogens with zero attached hydrogens (tertiary/aromatic N) is 2. The summed E-state index contributed by atoms with van der Waals surface area (Å²) in [6, 6.07) is 4.13. The van der Waals surface area contributed by atoms with Crippen molar-refractivity contribution >= 4 is 35.0 Å². The summed E-state index contributed by atoms with van der Waals surface area (Å²) in [5, 5.41) is 2.61. The van der Waals surface area contributed by atoms with Gasteiger partial charge in [0.2, 0.25) is 5.91 Å². The highest BCUT2D eigenvalue weighted by Crippen LogP contribution is 2.17. The molecule has 2 aromatic rings. The number of halogens is 2. The maximum absolute atomic E-state index is 13.0. The van der Waals surface area contributed by atoms with E-state index < -0.39 is 17.5 Å². The smallest absolute Gasteiger partial charge is 0.234 e. The second-order valence-electron chi connectivity index (χ2n) is 4.00. The molecule has 0 aliphatic rings. The van der Waals surface area contributed by atoms with Gasteiger partial charge in [0, 0.05) is 17.8 Å². The number of nitrogens with two attached hydrogens (primary N) is 2. The Morgan fingerprint density at radius 3 is 2.24 bits per heavy atom. The zero-order valence-corrected chi connectivity index (χ0v) is 11.5. The number of aromatic nitrogens is 2. The van der Waals surface area contributed by atoms with Crippen LogP contribution in [0.5, 0.6) is 0 Å². The van der Waals surface area contributed by atoms with Crippen LogP contribution in [0.3, 0.4) is 0 Å². The van der Waals surface area contributed by atoms with Crippen LogP contribution in [0.25, 0.3) is 0 Å². The van der Waals surface area contributed by atoms with E-state index in [1.54, 1.807) is 0 Å². The van der Waals surface area contributed by atoms with E-state index in [0.717, 1.165) is 23.9 Å². The first-order valence-corrected chi connectivity index (χ1v) is 6.70.